The summed E-state index contributed by atoms with van der Waals surface area (Å²) in [6.07, 6.45) is 0. The Labute approximate surface area is 139 Å². The van der Waals surface area contributed by atoms with Gasteiger partial charge >= 0.3 is 0 Å². The van der Waals surface area contributed by atoms with Crippen LogP contribution in [0.25, 0.3) is 0 Å². The first kappa shape index (κ1) is 16.2. The maximum absolute atomic E-state index is 12.4. The quantitative estimate of drug-likeness (QED) is 0.838. The standard InChI is InChI=1S/C16H21N3O3S/c1-12-17-13(11-23-12)9-18-5-7-19(8-6-18)16(20)15-4-3-14(22-15)10-21-2/h3-4,11H,5-10H2,1-2H3. The second kappa shape index (κ2) is 7.25. The van der Waals surface area contributed by atoms with E-state index in [4.69, 9.17) is 9.15 Å². The van der Waals surface area contributed by atoms with E-state index in [2.05, 4.69) is 15.3 Å². The summed E-state index contributed by atoms with van der Waals surface area (Å²) in [5.74, 6) is 1.02. The number of thiazole rings is 1. The molecular formula is C16H21N3O3S. The van der Waals surface area contributed by atoms with Crippen LogP contribution in [0.1, 0.15) is 27.0 Å². The van der Waals surface area contributed by atoms with Gasteiger partial charge in [-0.3, -0.25) is 9.69 Å². The summed E-state index contributed by atoms with van der Waals surface area (Å²) in [6.45, 7) is 6.39. The number of aromatic nitrogens is 1. The fourth-order valence-corrected chi connectivity index (χ4v) is 3.29. The minimum absolute atomic E-state index is 0.0449. The Hall–Kier alpha value is -1.70. The average Bonchev–Trinajstić information content (AvgIpc) is 3.17. The first-order valence-electron chi connectivity index (χ1n) is 7.66. The van der Waals surface area contributed by atoms with Crippen molar-refractivity contribution in [2.24, 2.45) is 0 Å². The number of hydrogen-bond donors (Lipinski definition) is 0. The van der Waals surface area contributed by atoms with Crippen molar-refractivity contribution in [1.82, 2.24) is 14.8 Å². The molecule has 3 heterocycles. The number of carbonyl (C=O) groups excluding carboxylic acids is 1. The van der Waals surface area contributed by atoms with E-state index in [1.165, 1.54) is 0 Å². The fourth-order valence-electron chi connectivity index (χ4n) is 2.69. The lowest BCUT2D eigenvalue weighted by molar-refractivity contribution is 0.0590. The number of piperazine rings is 1. The predicted molar refractivity (Wildman–Crippen MR) is 87.5 cm³/mol. The smallest absolute Gasteiger partial charge is 0.289 e. The Kier molecular flexibility index (Phi) is 5.09. The fraction of sp³-hybridized carbons (Fsp3) is 0.500. The summed E-state index contributed by atoms with van der Waals surface area (Å²) in [5, 5.41) is 3.20. The molecule has 0 spiro atoms. The Morgan fingerprint density at radius 1 is 1.35 bits per heavy atom. The molecule has 1 aliphatic rings. The molecule has 7 heteroatoms. The molecule has 3 rings (SSSR count). The molecule has 1 amide bonds. The monoisotopic (exact) mass is 335 g/mol. The molecule has 0 aliphatic carbocycles. The van der Waals surface area contributed by atoms with Gasteiger partial charge in [0.15, 0.2) is 5.76 Å². The zero-order valence-electron chi connectivity index (χ0n) is 13.4. The Balaban J connectivity index is 1.52. The molecule has 2 aromatic heterocycles. The molecule has 0 N–H and O–H groups in total. The molecule has 6 nitrogen and oxygen atoms in total. The van der Waals surface area contributed by atoms with Crippen LogP contribution in [0.4, 0.5) is 0 Å². The molecule has 1 aliphatic heterocycles. The maximum Gasteiger partial charge on any atom is 0.289 e. The largest absolute Gasteiger partial charge is 0.453 e. The summed E-state index contributed by atoms with van der Waals surface area (Å²) in [4.78, 5) is 21.1. The summed E-state index contributed by atoms with van der Waals surface area (Å²) in [7, 11) is 1.60. The molecular weight excluding hydrogens is 314 g/mol. The van der Waals surface area contributed by atoms with Gasteiger partial charge in [-0.05, 0) is 19.1 Å². The minimum Gasteiger partial charge on any atom is -0.453 e. The van der Waals surface area contributed by atoms with Gasteiger partial charge in [0.05, 0.1) is 10.7 Å². The van der Waals surface area contributed by atoms with Crippen molar-refractivity contribution in [2.75, 3.05) is 33.3 Å². The molecule has 0 aromatic carbocycles. The van der Waals surface area contributed by atoms with Gasteiger partial charge in [-0.25, -0.2) is 4.98 Å². The Morgan fingerprint density at radius 2 is 2.13 bits per heavy atom. The van der Waals surface area contributed by atoms with Crippen molar-refractivity contribution in [3.8, 4) is 0 Å². The average molecular weight is 335 g/mol. The second-order valence-corrected chi connectivity index (χ2v) is 6.69. The number of ether oxygens (including phenoxy) is 1. The zero-order valence-corrected chi connectivity index (χ0v) is 14.3. The lowest BCUT2D eigenvalue weighted by Crippen LogP contribution is -2.48. The molecule has 1 fully saturated rings. The van der Waals surface area contributed by atoms with Crippen molar-refractivity contribution in [3.05, 3.63) is 39.7 Å². The van der Waals surface area contributed by atoms with Gasteiger partial charge in [-0.1, -0.05) is 0 Å². The van der Waals surface area contributed by atoms with E-state index >= 15 is 0 Å². The number of rotatable bonds is 5. The first-order chi connectivity index (χ1) is 11.2. The summed E-state index contributed by atoms with van der Waals surface area (Å²) in [5.41, 5.74) is 1.11. The Bertz CT molecular complexity index is 659. The molecule has 2 aromatic rings. The highest BCUT2D eigenvalue weighted by Crippen LogP contribution is 2.15. The second-order valence-electron chi connectivity index (χ2n) is 5.63. The van der Waals surface area contributed by atoms with Crippen LogP contribution in [0.2, 0.25) is 0 Å². The summed E-state index contributed by atoms with van der Waals surface area (Å²) in [6, 6.07) is 3.51. The topological polar surface area (TPSA) is 58.8 Å². The number of carbonyl (C=O) groups is 1. The van der Waals surface area contributed by atoms with E-state index in [9.17, 15) is 4.79 Å². The Morgan fingerprint density at radius 3 is 2.78 bits per heavy atom. The van der Waals surface area contributed by atoms with E-state index in [-0.39, 0.29) is 5.91 Å². The normalized spacial score (nSPS) is 16.0. The highest BCUT2D eigenvalue weighted by molar-refractivity contribution is 7.09. The van der Waals surface area contributed by atoms with Gasteiger partial charge in [0.1, 0.15) is 12.4 Å². The molecule has 0 bridgehead atoms. The molecule has 23 heavy (non-hydrogen) atoms. The number of furan rings is 1. The van der Waals surface area contributed by atoms with Crippen LogP contribution < -0.4 is 0 Å². The van der Waals surface area contributed by atoms with Crippen LogP contribution in [0.15, 0.2) is 21.9 Å². The number of aryl methyl sites for hydroxylation is 1. The summed E-state index contributed by atoms with van der Waals surface area (Å²) >= 11 is 1.68. The molecule has 1 saturated heterocycles. The number of amides is 1. The van der Waals surface area contributed by atoms with Crippen molar-refractivity contribution < 1.29 is 13.9 Å². The van der Waals surface area contributed by atoms with Crippen LogP contribution in [0.5, 0.6) is 0 Å². The lowest BCUT2D eigenvalue weighted by Gasteiger charge is -2.33. The van der Waals surface area contributed by atoms with Gasteiger partial charge in [-0.15, -0.1) is 11.3 Å². The minimum atomic E-state index is -0.0449. The van der Waals surface area contributed by atoms with Crippen LogP contribution in [0, 0.1) is 6.92 Å². The summed E-state index contributed by atoms with van der Waals surface area (Å²) < 4.78 is 10.5. The van der Waals surface area contributed by atoms with Gasteiger partial charge in [-0.2, -0.15) is 0 Å². The molecule has 124 valence electrons. The highest BCUT2D eigenvalue weighted by atomic mass is 32.1. The van der Waals surface area contributed by atoms with Gasteiger partial charge in [0, 0.05) is 45.2 Å². The van der Waals surface area contributed by atoms with Crippen molar-refractivity contribution in [3.63, 3.8) is 0 Å². The molecule has 0 unspecified atom stereocenters. The van der Waals surface area contributed by atoms with Crippen molar-refractivity contribution in [2.45, 2.75) is 20.1 Å². The first-order valence-corrected chi connectivity index (χ1v) is 8.54. The van der Waals surface area contributed by atoms with E-state index in [0.717, 1.165) is 30.3 Å². The van der Waals surface area contributed by atoms with E-state index < -0.39 is 0 Å². The van der Waals surface area contributed by atoms with E-state index in [1.807, 2.05) is 11.8 Å². The predicted octanol–water partition coefficient (Wildman–Crippen LogP) is 2.15. The van der Waals surface area contributed by atoms with Crippen LogP contribution in [0.3, 0.4) is 0 Å². The number of nitrogens with zero attached hydrogens (tertiary/aromatic N) is 3. The maximum atomic E-state index is 12.4. The SMILES string of the molecule is COCc1ccc(C(=O)N2CCN(Cc3csc(C)n3)CC2)o1. The zero-order chi connectivity index (χ0) is 16.2. The van der Waals surface area contributed by atoms with Crippen LogP contribution in [-0.4, -0.2) is 54.0 Å². The lowest BCUT2D eigenvalue weighted by atomic mass is 10.2. The molecule has 0 saturated carbocycles. The molecule has 0 atom stereocenters. The van der Waals surface area contributed by atoms with Crippen LogP contribution in [-0.2, 0) is 17.9 Å². The third-order valence-corrected chi connectivity index (χ3v) is 4.69. The van der Waals surface area contributed by atoms with Gasteiger partial charge in [0.25, 0.3) is 5.91 Å². The van der Waals surface area contributed by atoms with Crippen molar-refractivity contribution >= 4 is 17.2 Å². The van der Waals surface area contributed by atoms with E-state index in [0.29, 0.717) is 31.2 Å². The number of methoxy groups -OCH3 is 1. The third-order valence-electron chi connectivity index (χ3n) is 3.87. The van der Waals surface area contributed by atoms with Gasteiger partial charge in [0.2, 0.25) is 0 Å². The highest BCUT2D eigenvalue weighted by Gasteiger charge is 2.24. The van der Waals surface area contributed by atoms with Crippen molar-refractivity contribution in [1.29, 1.82) is 0 Å². The molecule has 0 radical (unpaired) electrons. The van der Waals surface area contributed by atoms with Crippen LogP contribution >= 0.6 is 11.3 Å². The number of hydrogen-bond acceptors (Lipinski definition) is 6. The van der Waals surface area contributed by atoms with E-state index in [1.54, 1.807) is 30.6 Å². The third kappa shape index (κ3) is 3.99. The van der Waals surface area contributed by atoms with Gasteiger partial charge < -0.3 is 14.1 Å².